The van der Waals surface area contributed by atoms with E-state index in [1.807, 2.05) is 36.4 Å². The van der Waals surface area contributed by atoms with Crippen molar-refractivity contribution in [2.75, 3.05) is 0 Å². The van der Waals surface area contributed by atoms with Gasteiger partial charge in [-0.2, -0.15) is 0 Å². The Labute approximate surface area is 113 Å². The Balaban J connectivity index is 1.90. The fraction of sp³-hybridized carbons (Fsp3) is 0.167. The van der Waals surface area contributed by atoms with Crippen LogP contribution in [0.25, 0.3) is 0 Å². The van der Waals surface area contributed by atoms with Gasteiger partial charge in [-0.3, -0.25) is 0 Å². The summed E-state index contributed by atoms with van der Waals surface area (Å²) in [6.07, 6.45) is 0.965. The summed E-state index contributed by atoms with van der Waals surface area (Å²) in [7, 11) is 0. The normalized spacial score (nSPS) is 22.2. The fourth-order valence-electron chi connectivity index (χ4n) is 2.54. The summed E-state index contributed by atoms with van der Waals surface area (Å²) in [4.78, 5) is 0. The molecular formula is C18H16O. The molecule has 0 bridgehead atoms. The summed E-state index contributed by atoms with van der Waals surface area (Å²) in [6.45, 7) is 3.80. The Morgan fingerprint density at radius 2 is 1.47 bits per heavy atom. The smallest absolute Gasteiger partial charge is 0.112 e. The monoisotopic (exact) mass is 248 g/mol. The number of ether oxygens (including phenoxy) is 1. The van der Waals surface area contributed by atoms with Crippen LogP contribution < -0.4 is 0 Å². The van der Waals surface area contributed by atoms with Crippen LogP contribution in [-0.4, -0.2) is 0 Å². The van der Waals surface area contributed by atoms with E-state index in [4.69, 9.17) is 4.74 Å². The Kier molecular flexibility index (Phi) is 3.33. The lowest BCUT2D eigenvalue weighted by Gasteiger charge is -2.14. The fourth-order valence-corrected chi connectivity index (χ4v) is 2.54. The minimum atomic E-state index is -0.0103. The molecule has 1 saturated heterocycles. The van der Waals surface area contributed by atoms with Gasteiger partial charge in [0.25, 0.3) is 0 Å². The highest BCUT2D eigenvalue weighted by Gasteiger charge is 2.31. The lowest BCUT2D eigenvalue weighted by molar-refractivity contribution is 0.0516. The van der Waals surface area contributed by atoms with E-state index in [2.05, 4.69) is 36.6 Å². The lowest BCUT2D eigenvalue weighted by atomic mass is 9.99. The van der Waals surface area contributed by atoms with Crippen molar-refractivity contribution in [2.45, 2.75) is 18.6 Å². The van der Waals surface area contributed by atoms with E-state index < -0.39 is 0 Å². The molecular weight excluding hydrogens is 232 g/mol. The second kappa shape index (κ2) is 5.27. The lowest BCUT2D eigenvalue weighted by Crippen LogP contribution is -1.99. The van der Waals surface area contributed by atoms with Crippen LogP contribution in [0.4, 0.5) is 0 Å². The second-order valence-corrected chi connectivity index (χ2v) is 4.73. The predicted molar refractivity (Wildman–Crippen MR) is 76.7 cm³/mol. The van der Waals surface area contributed by atoms with Gasteiger partial charge in [0.15, 0.2) is 0 Å². The first kappa shape index (κ1) is 12.0. The summed E-state index contributed by atoms with van der Waals surface area (Å²) >= 11 is 0. The van der Waals surface area contributed by atoms with Gasteiger partial charge >= 0.3 is 0 Å². The van der Waals surface area contributed by atoms with E-state index in [0.29, 0.717) is 0 Å². The van der Waals surface area contributed by atoms with Crippen molar-refractivity contribution in [3.63, 3.8) is 0 Å². The molecule has 0 radical (unpaired) electrons. The van der Waals surface area contributed by atoms with Crippen LogP contribution in [-0.2, 0) is 4.74 Å². The molecule has 1 fully saturated rings. The van der Waals surface area contributed by atoms with Gasteiger partial charge in [0.05, 0.1) is 6.10 Å². The van der Waals surface area contributed by atoms with Gasteiger partial charge in [0.2, 0.25) is 0 Å². The third-order valence-electron chi connectivity index (χ3n) is 3.52. The van der Waals surface area contributed by atoms with Crippen molar-refractivity contribution in [3.05, 3.63) is 89.7 Å². The van der Waals surface area contributed by atoms with Gasteiger partial charge in [-0.1, -0.05) is 67.2 Å². The quantitative estimate of drug-likeness (QED) is 0.706. The van der Waals surface area contributed by atoms with Crippen LogP contribution in [0.1, 0.15) is 29.8 Å². The molecule has 0 amide bonds. The molecule has 1 aliphatic rings. The van der Waals surface area contributed by atoms with E-state index in [9.17, 15) is 0 Å². The highest BCUT2D eigenvalue weighted by molar-refractivity contribution is 5.31. The molecule has 2 unspecified atom stereocenters. The van der Waals surface area contributed by atoms with Crippen LogP contribution in [0.3, 0.4) is 0 Å². The van der Waals surface area contributed by atoms with Gasteiger partial charge in [-0.05, 0) is 11.1 Å². The Bertz CT molecular complexity index is 594. The maximum atomic E-state index is 6.20. The van der Waals surface area contributed by atoms with Crippen LogP contribution in [0.5, 0.6) is 0 Å². The van der Waals surface area contributed by atoms with Crippen molar-refractivity contribution in [1.82, 2.24) is 0 Å². The first-order valence-electron chi connectivity index (χ1n) is 6.52. The molecule has 0 aliphatic carbocycles. The molecule has 0 N–H and O–H groups in total. The Morgan fingerprint density at radius 1 is 0.895 bits per heavy atom. The van der Waals surface area contributed by atoms with Crippen molar-refractivity contribution in [2.24, 2.45) is 0 Å². The Morgan fingerprint density at radius 3 is 2.05 bits per heavy atom. The maximum Gasteiger partial charge on any atom is 0.112 e. The van der Waals surface area contributed by atoms with Gasteiger partial charge in [0.1, 0.15) is 6.10 Å². The SMILES string of the molecule is C=C=C1CC(c2ccccc2)OC1c1ccccc1. The third kappa shape index (κ3) is 2.39. The molecule has 3 rings (SSSR count). The third-order valence-corrected chi connectivity index (χ3v) is 3.52. The summed E-state index contributed by atoms with van der Waals surface area (Å²) < 4.78 is 6.20. The molecule has 19 heavy (non-hydrogen) atoms. The summed E-state index contributed by atoms with van der Waals surface area (Å²) in [6, 6.07) is 20.6. The highest BCUT2D eigenvalue weighted by atomic mass is 16.5. The maximum absolute atomic E-state index is 6.20. The van der Waals surface area contributed by atoms with Gasteiger partial charge in [0, 0.05) is 12.0 Å². The number of hydrogen-bond donors (Lipinski definition) is 0. The number of rotatable bonds is 2. The predicted octanol–water partition coefficient (Wildman–Crippen LogP) is 4.60. The zero-order valence-corrected chi connectivity index (χ0v) is 10.8. The molecule has 94 valence electrons. The standard InChI is InChI=1S/C18H16O/c1-2-14-13-17(15-9-5-3-6-10-15)19-18(14)16-11-7-4-8-12-16/h3-12,17-18H,1,13H2. The molecule has 2 aromatic carbocycles. The molecule has 1 heteroatoms. The molecule has 2 atom stereocenters. The summed E-state index contributed by atoms with van der Waals surface area (Å²) in [5.41, 5.74) is 6.58. The van der Waals surface area contributed by atoms with Crippen LogP contribution in [0.2, 0.25) is 0 Å². The molecule has 0 spiro atoms. The van der Waals surface area contributed by atoms with E-state index in [1.165, 1.54) is 11.1 Å². The van der Waals surface area contributed by atoms with Crippen molar-refractivity contribution >= 4 is 0 Å². The summed E-state index contributed by atoms with van der Waals surface area (Å²) in [5.74, 6) is 0. The first-order valence-corrected chi connectivity index (χ1v) is 6.52. The minimum Gasteiger partial charge on any atom is -0.360 e. The average molecular weight is 248 g/mol. The first-order chi connectivity index (χ1) is 9.38. The van der Waals surface area contributed by atoms with E-state index in [-0.39, 0.29) is 12.2 Å². The Hall–Kier alpha value is -2.08. The van der Waals surface area contributed by atoms with Crippen LogP contribution in [0.15, 0.2) is 78.5 Å². The largest absolute Gasteiger partial charge is 0.360 e. The van der Waals surface area contributed by atoms with E-state index in [1.54, 1.807) is 0 Å². The minimum absolute atomic E-state index is 0.0103. The van der Waals surface area contributed by atoms with Crippen LogP contribution >= 0.6 is 0 Å². The zero-order valence-electron chi connectivity index (χ0n) is 10.8. The van der Waals surface area contributed by atoms with Crippen molar-refractivity contribution < 1.29 is 4.74 Å². The van der Waals surface area contributed by atoms with Gasteiger partial charge in [-0.25, -0.2) is 0 Å². The number of benzene rings is 2. The molecule has 1 nitrogen and oxygen atoms in total. The molecule has 1 heterocycles. The van der Waals surface area contributed by atoms with E-state index >= 15 is 0 Å². The molecule has 1 aliphatic heterocycles. The second-order valence-electron chi connectivity index (χ2n) is 4.73. The van der Waals surface area contributed by atoms with E-state index in [0.717, 1.165) is 12.0 Å². The molecule has 0 saturated carbocycles. The topological polar surface area (TPSA) is 9.23 Å². The molecule has 0 aromatic heterocycles. The van der Waals surface area contributed by atoms with Crippen LogP contribution in [0, 0.1) is 0 Å². The molecule has 2 aromatic rings. The van der Waals surface area contributed by atoms with Gasteiger partial charge < -0.3 is 4.74 Å². The average Bonchev–Trinajstić information content (AvgIpc) is 2.93. The zero-order chi connectivity index (χ0) is 13.1. The van der Waals surface area contributed by atoms with Gasteiger partial charge in [-0.15, -0.1) is 5.73 Å². The van der Waals surface area contributed by atoms with Crippen molar-refractivity contribution in [1.29, 1.82) is 0 Å². The number of hydrogen-bond acceptors (Lipinski definition) is 1. The van der Waals surface area contributed by atoms with Crippen molar-refractivity contribution in [3.8, 4) is 0 Å². The highest BCUT2D eigenvalue weighted by Crippen LogP contribution is 2.43. The summed E-state index contributed by atoms with van der Waals surface area (Å²) in [5, 5.41) is 0.